The van der Waals surface area contributed by atoms with Crippen LogP contribution in [0.25, 0.3) is 0 Å². The van der Waals surface area contributed by atoms with Crippen LogP contribution in [0.15, 0.2) is 24.3 Å². The van der Waals surface area contributed by atoms with Gasteiger partial charge in [-0.3, -0.25) is 4.79 Å². The summed E-state index contributed by atoms with van der Waals surface area (Å²) in [6.07, 6.45) is -3.03. The highest BCUT2D eigenvalue weighted by Gasteiger charge is 2.29. The van der Waals surface area contributed by atoms with Gasteiger partial charge in [-0.25, -0.2) is 0 Å². The van der Waals surface area contributed by atoms with Gasteiger partial charge < -0.3 is 20.5 Å². The molecule has 5 nitrogen and oxygen atoms in total. The molecule has 0 unspecified atom stereocenters. The van der Waals surface area contributed by atoms with Crippen molar-refractivity contribution in [2.24, 2.45) is 5.73 Å². The molecule has 0 aromatic heterocycles. The molecule has 3 N–H and O–H groups in total. The first-order chi connectivity index (χ1) is 11.2. The number of hydrogen-bond acceptors (Lipinski definition) is 4. The minimum atomic E-state index is -4.45. The fourth-order valence-electron chi connectivity index (χ4n) is 1.82. The summed E-state index contributed by atoms with van der Waals surface area (Å²) >= 11 is 0. The number of ether oxygens (including phenoxy) is 2. The third-order valence-electron chi connectivity index (χ3n) is 3.65. The van der Waals surface area contributed by atoms with Crippen LogP contribution in [-0.4, -0.2) is 37.4 Å². The number of nitrogens with two attached hydrogens (primary N) is 1. The molecule has 1 aromatic rings. The zero-order valence-electron chi connectivity index (χ0n) is 13.8. The molecule has 0 bridgehead atoms. The number of carbonyl (C=O) groups is 1. The Hall–Kier alpha value is -1.96. The van der Waals surface area contributed by atoms with E-state index in [4.69, 9.17) is 10.5 Å². The predicted octanol–water partition coefficient (Wildman–Crippen LogP) is 2.64. The lowest BCUT2D eigenvalue weighted by Gasteiger charge is -2.26. The SMILES string of the molecule is CCC(N)(CC)CNC(=O)COc1ccccc1OCC(F)(F)F. The molecule has 0 heterocycles. The van der Waals surface area contributed by atoms with E-state index >= 15 is 0 Å². The molecule has 0 aliphatic heterocycles. The molecule has 8 heteroatoms. The molecule has 136 valence electrons. The molecule has 0 radical (unpaired) electrons. The molecule has 24 heavy (non-hydrogen) atoms. The van der Waals surface area contributed by atoms with Crippen molar-refractivity contribution >= 4 is 5.91 Å². The largest absolute Gasteiger partial charge is 0.480 e. The molecule has 0 spiro atoms. The Morgan fingerprint density at radius 3 is 2.17 bits per heavy atom. The first kappa shape index (κ1) is 20.1. The lowest BCUT2D eigenvalue weighted by atomic mass is 9.94. The van der Waals surface area contributed by atoms with Crippen LogP contribution in [0.5, 0.6) is 11.5 Å². The van der Waals surface area contributed by atoms with Crippen molar-refractivity contribution in [1.29, 1.82) is 0 Å². The van der Waals surface area contributed by atoms with Gasteiger partial charge in [-0.15, -0.1) is 0 Å². The van der Waals surface area contributed by atoms with Gasteiger partial charge in [0, 0.05) is 12.1 Å². The van der Waals surface area contributed by atoms with Crippen molar-refractivity contribution in [3.63, 3.8) is 0 Å². The van der Waals surface area contributed by atoms with Crippen molar-refractivity contribution in [3.05, 3.63) is 24.3 Å². The molecule has 0 aliphatic carbocycles. The minimum Gasteiger partial charge on any atom is -0.480 e. The standard InChI is InChI=1S/C16H23F3N2O3/c1-3-15(20,4-2)10-21-14(22)9-23-12-7-5-6-8-13(12)24-11-16(17,18)19/h5-8H,3-4,9-11,20H2,1-2H3,(H,21,22). The van der Waals surface area contributed by atoms with E-state index in [9.17, 15) is 18.0 Å². The second-order valence-electron chi connectivity index (χ2n) is 5.49. The molecule has 1 aromatic carbocycles. The average Bonchev–Trinajstić information content (AvgIpc) is 2.56. The maximum atomic E-state index is 12.2. The number of nitrogens with one attached hydrogen (secondary N) is 1. The minimum absolute atomic E-state index is 0.0712. The number of hydrogen-bond donors (Lipinski definition) is 2. The van der Waals surface area contributed by atoms with Crippen LogP contribution >= 0.6 is 0 Å². The summed E-state index contributed by atoms with van der Waals surface area (Å²) in [5.41, 5.74) is 5.59. The Kier molecular flexibility index (Phi) is 7.34. The number of alkyl halides is 3. The summed E-state index contributed by atoms with van der Waals surface area (Å²) in [5, 5.41) is 2.66. The third-order valence-corrected chi connectivity index (χ3v) is 3.65. The Labute approximate surface area is 139 Å². The lowest BCUT2D eigenvalue weighted by molar-refractivity contribution is -0.153. The highest BCUT2D eigenvalue weighted by molar-refractivity contribution is 5.77. The van der Waals surface area contributed by atoms with Crippen molar-refractivity contribution in [1.82, 2.24) is 5.32 Å². The number of para-hydroxylation sites is 2. The van der Waals surface area contributed by atoms with E-state index in [2.05, 4.69) is 10.1 Å². The van der Waals surface area contributed by atoms with E-state index in [-0.39, 0.29) is 18.1 Å². The molecular weight excluding hydrogens is 325 g/mol. The first-order valence-electron chi connectivity index (χ1n) is 7.66. The van der Waals surface area contributed by atoms with Crippen molar-refractivity contribution < 1.29 is 27.4 Å². The predicted molar refractivity (Wildman–Crippen MR) is 84.0 cm³/mol. The molecule has 0 saturated carbocycles. The summed E-state index contributed by atoms with van der Waals surface area (Å²) in [6.45, 7) is 2.40. The van der Waals surface area contributed by atoms with E-state index < -0.39 is 24.2 Å². The smallest absolute Gasteiger partial charge is 0.422 e. The fourth-order valence-corrected chi connectivity index (χ4v) is 1.82. The maximum Gasteiger partial charge on any atom is 0.422 e. The monoisotopic (exact) mass is 348 g/mol. The lowest BCUT2D eigenvalue weighted by Crippen LogP contribution is -2.50. The normalized spacial score (nSPS) is 11.9. The van der Waals surface area contributed by atoms with Crippen LogP contribution in [0.1, 0.15) is 26.7 Å². The molecule has 0 aliphatic rings. The van der Waals surface area contributed by atoms with Gasteiger partial charge in [0.25, 0.3) is 5.91 Å². The molecule has 0 fully saturated rings. The number of benzene rings is 1. The van der Waals surface area contributed by atoms with E-state index in [0.717, 1.165) is 0 Å². The van der Waals surface area contributed by atoms with Crippen molar-refractivity contribution in [2.45, 2.75) is 38.4 Å². The zero-order chi connectivity index (χ0) is 18.2. The Morgan fingerprint density at radius 1 is 1.12 bits per heavy atom. The maximum absolute atomic E-state index is 12.2. The van der Waals surface area contributed by atoms with Gasteiger partial charge in [-0.05, 0) is 25.0 Å². The van der Waals surface area contributed by atoms with Crippen LogP contribution in [0, 0.1) is 0 Å². The molecule has 1 amide bonds. The van der Waals surface area contributed by atoms with Crippen LogP contribution < -0.4 is 20.5 Å². The van der Waals surface area contributed by atoms with Gasteiger partial charge in [0.15, 0.2) is 24.7 Å². The number of rotatable bonds is 9. The van der Waals surface area contributed by atoms with Gasteiger partial charge >= 0.3 is 6.18 Å². The van der Waals surface area contributed by atoms with Gasteiger partial charge in [-0.1, -0.05) is 26.0 Å². The number of carbonyl (C=O) groups excluding carboxylic acids is 1. The quantitative estimate of drug-likeness (QED) is 0.720. The summed E-state index contributed by atoms with van der Waals surface area (Å²) in [4.78, 5) is 11.8. The summed E-state index contributed by atoms with van der Waals surface area (Å²) < 4.78 is 46.6. The highest BCUT2D eigenvalue weighted by Crippen LogP contribution is 2.28. The van der Waals surface area contributed by atoms with Crippen LogP contribution in [-0.2, 0) is 4.79 Å². The molecular formula is C16H23F3N2O3. The first-order valence-corrected chi connectivity index (χ1v) is 7.66. The topological polar surface area (TPSA) is 73.6 Å². The summed E-state index contributed by atoms with van der Waals surface area (Å²) in [5.74, 6) is -0.405. The Bertz CT molecular complexity index is 532. The second-order valence-corrected chi connectivity index (χ2v) is 5.49. The van der Waals surface area contributed by atoms with Gasteiger partial charge in [0.05, 0.1) is 0 Å². The summed E-state index contributed by atoms with van der Waals surface area (Å²) in [6, 6.07) is 5.87. The van der Waals surface area contributed by atoms with Crippen LogP contribution in [0.2, 0.25) is 0 Å². The summed E-state index contributed by atoms with van der Waals surface area (Å²) in [7, 11) is 0. The molecule has 1 rings (SSSR count). The van der Waals surface area contributed by atoms with Crippen molar-refractivity contribution in [2.75, 3.05) is 19.8 Å². The van der Waals surface area contributed by atoms with Gasteiger partial charge in [-0.2, -0.15) is 13.2 Å². The second kappa shape index (κ2) is 8.77. The van der Waals surface area contributed by atoms with E-state index in [1.54, 1.807) is 6.07 Å². The van der Waals surface area contributed by atoms with E-state index in [0.29, 0.717) is 19.4 Å². The Morgan fingerprint density at radius 2 is 1.67 bits per heavy atom. The fraction of sp³-hybridized carbons (Fsp3) is 0.562. The number of amides is 1. The zero-order valence-corrected chi connectivity index (χ0v) is 13.8. The Balaban J connectivity index is 2.54. The van der Waals surface area contributed by atoms with E-state index in [1.807, 2.05) is 13.8 Å². The molecule has 0 atom stereocenters. The highest BCUT2D eigenvalue weighted by atomic mass is 19.4. The third kappa shape index (κ3) is 7.08. The van der Waals surface area contributed by atoms with Crippen LogP contribution in [0.4, 0.5) is 13.2 Å². The van der Waals surface area contributed by atoms with Crippen LogP contribution in [0.3, 0.4) is 0 Å². The van der Waals surface area contributed by atoms with E-state index in [1.165, 1.54) is 18.2 Å². The van der Waals surface area contributed by atoms with Crippen molar-refractivity contribution in [3.8, 4) is 11.5 Å². The average molecular weight is 348 g/mol. The number of halogens is 3. The van der Waals surface area contributed by atoms with Gasteiger partial charge in [0.1, 0.15) is 0 Å². The van der Waals surface area contributed by atoms with Gasteiger partial charge in [0.2, 0.25) is 0 Å². The molecule has 0 saturated heterocycles.